The summed E-state index contributed by atoms with van der Waals surface area (Å²) in [6, 6.07) is 10.5. The molecular formula is C15H13BrN2O3. The highest BCUT2D eigenvalue weighted by atomic mass is 79.9. The number of nitrogens with zero attached hydrogens (tertiary/aromatic N) is 2. The Bertz CT molecular complexity index is 714. The van der Waals surface area contributed by atoms with Gasteiger partial charge in [0.1, 0.15) is 0 Å². The van der Waals surface area contributed by atoms with E-state index >= 15 is 0 Å². The summed E-state index contributed by atoms with van der Waals surface area (Å²) in [5.41, 5.74) is 1.82. The molecule has 0 amide bonds. The number of halogens is 1. The third kappa shape index (κ3) is 3.66. The van der Waals surface area contributed by atoms with Gasteiger partial charge in [-0.15, -0.1) is 0 Å². The minimum atomic E-state index is -0.630. The molecule has 21 heavy (non-hydrogen) atoms. The Morgan fingerprint density at radius 2 is 2.14 bits per heavy atom. The van der Waals surface area contributed by atoms with Crippen molar-refractivity contribution in [1.29, 1.82) is 0 Å². The zero-order valence-electron chi connectivity index (χ0n) is 11.3. The zero-order valence-corrected chi connectivity index (χ0v) is 12.9. The van der Waals surface area contributed by atoms with Crippen molar-refractivity contribution in [2.45, 2.75) is 13.3 Å². The molecule has 0 saturated heterocycles. The molecule has 0 aromatic heterocycles. The number of aliphatic imine (C=N–C) groups is 1. The third-order valence-electron chi connectivity index (χ3n) is 2.95. The number of phenolic OH excluding ortho intramolecular Hbond substituents is 1. The molecule has 0 aliphatic heterocycles. The molecule has 0 bridgehead atoms. The molecule has 0 unspecified atom stereocenters. The summed E-state index contributed by atoms with van der Waals surface area (Å²) in [7, 11) is 0. The molecule has 0 fully saturated rings. The number of aryl methyl sites for hydroxylation is 1. The highest BCUT2D eigenvalue weighted by Crippen LogP contribution is 2.32. The highest BCUT2D eigenvalue weighted by molar-refractivity contribution is 9.10. The van der Waals surface area contributed by atoms with Crippen LogP contribution in [0.3, 0.4) is 0 Å². The molecule has 0 aliphatic rings. The van der Waals surface area contributed by atoms with E-state index in [1.165, 1.54) is 12.3 Å². The molecule has 2 aromatic rings. The molecule has 1 N–H and O–H groups in total. The number of rotatable bonds is 4. The Hall–Kier alpha value is -2.21. The maximum atomic E-state index is 10.9. The molecule has 0 aliphatic carbocycles. The van der Waals surface area contributed by atoms with Crippen LogP contribution in [0.1, 0.15) is 18.1 Å². The monoisotopic (exact) mass is 348 g/mol. The van der Waals surface area contributed by atoms with Gasteiger partial charge >= 0.3 is 5.69 Å². The van der Waals surface area contributed by atoms with E-state index in [4.69, 9.17) is 0 Å². The van der Waals surface area contributed by atoms with Crippen molar-refractivity contribution in [1.82, 2.24) is 0 Å². The molecule has 0 radical (unpaired) electrons. The maximum absolute atomic E-state index is 10.9. The summed E-state index contributed by atoms with van der Waals surface area (Å²) in [4.78, 5) is 14.5. The van der Waals surface area contributed by atoms with Gasteiger partial charge in [0.25, 0.3) is 0 Å². The predicted octanol–water partition coefficient (Wildman–Crippen LogP) is 4.38. The average Bonchev–Trinajstić information content (AvgIpc) is 2.47. The average molecular weight is 349 g/mol. The molecule has 2 rings (SSSR count). The number of nitro benzene ring substituents is 1. The van der Waals surface area contributed by atoms with Crippen LogP contribution in [0, 0.1) is 10.1 Å². The van der Waals surface area contributed by atoms with Gasteiger partial charge in [-0.1, -0.05) is 35.0 Å². The van der Waals surface area contributed by atoms with Crippen molar-refractivity contribution < 1.29 is 10.0 Å². The summed E-state index contributed by atoms with van der Waals surface area (Å²) in [5.74, 6) is -0.390. The normalized spacial score (nSPS) is 11.0. The first-order valence-corrected chi connectivity index (χ1v) is 7.10. The summed E-state index contributed by atoms with van der Waals surface area (Å²) >= 11 is 3.19. The summed E-state index contributed by atoms with van der Waals surface area (Å²) in [6.45, 7) is 2.05. The minimum absolute atomic E-state index is 0.290. The van der Waals surface area contributed by atoms with Crippen molar-refractivity contribution in [3.05, 3.63) is 62.1 Å². The number of phenols is 1. The van der Waals surface area contributed by atoms with Crippen LogP contribution in [0.25, 0.3) is 0 Å². The Morgan fingerprint density at radius 1 is 1.38 bits per heavy atom. The van der Waals surface area contributed by atoms with E-state index in [0.29, 0.717) is 4.47 Å². The molecule has 5 nitrogen and oxygen atoms in total. The highest BCUT2D eigenvalue weighted by Gasteiger charge is 2.17. The van der Waals surface area contributed by atoms with Crippen LogP contribution >= 0.6 is 15.9 Å². The van der Waals surface area contributed by atoms with Crippen LogP contribution in [0.4, 0.5) is 11.4 Å². The quantitative estimate of drug-likeness (QED) is 0.506. The van der Waals surface area contributed by atoms with Crippen molar-refractivity contribution in [2.75, 3.05) is 0 Å². The zero-order chi connectivity index (χ0) is 15.4. The molecule has 0 saturated carbocycles. The first-order valence-electron chi connectivity index (χ1n) is 6.31. The van der Waals surface area contributed by atoms with Gasteiger partial charge in [0.05, 0.1) is 10.6 Å². The van der Waals surface area contributed by atoms with Crippen molar-refractivity contribution in [2.24, 2.45) is 4.99 Å². The van der Waals surface area contributed by atoms with Crippen LogP contribution in [0.2, 0.25) is 0 Å². The molecule has 0 spiro atoms. The topological polar surface area (TPSA) is 75.7 Å². The van der Waals surface area contributed by atoms with Gasteiger partial charge in [-0.3, -0.25) is 15.1 Å². The van der Waals surface area contributed by atoms with E-state index in [9.17, 15) is 15.2 Å². The lowest BCUT2D eigenvalue weighted by atomic mass is 10.1. The summed E-state index contributed by atoms with van der Waals surface area (Å²) in [6.07, 6.45) is 2.32. The number of aromatic hydroxyl groups is 1. The lowest BCUT2D eigenvalue weighted by Gasteiger charge is -2.02. The van der Waals surface area contributed by atoms with Gasteiger partial charge in [-0.2, -0.15) is 0 Å². The number of nitro groups is 1. The van der Waals surface area contributed by atoms with Gasteiger partial charge in [0.15, 0.2) is 0 Å². The van der Waals surface area contributed by atoms with Gasteiger partial charge in [0.2, 0.25) is 5.75 Å². The van der Waals surface area contributed by atoms with E-state index in [0.717, 1.165) is 17.7 Å². The second-order valence-electron chi connectivity index (χ2n) is 4.40. The number of hydrogen-bond acceptors (Lipinski definition) is 4. The minimum Gasteiger partial charge on any atom is -0.502 e. The number of benzene rings is 2. The maximum Gasteiger partial charge on any atom is 0.312 e. The number of hydrogen-bond donors (Lipinski definition) is 1. The van der Waals surface area contributed by atoms with Gasteiger partial charge < -0.3 is 5.11 Å². The fourth-order valence-corrected chi connectivity index (χ4v) is 2.31. The van der Waals surface area contributed by atoms with E-state index in [1.54, 1.807) is 6.07 Å². The van der Waals surface area contributed by atoms with E-state index in [2.05, 4.69) is 20.9 Å². The van der Waals surface area contributed by atoms with Gasteiger partial charge in [-0.25, -0.2) is 0 Å². The fourth-order valence-electron chi connectivity index (χ4n) is 1.84. The molecule has 0 heterocycles. The molecule has 6 heteroatoms. The van der Waals surface area contributed by atoms with Gasteiger partial charge in [0, 0.05) is 22.3 Å². The van der Waals surface area contributed by atoms with Gasteiger partial charge in [-0.05, 0) is 30.2 Å². The van der Waals surface area contributed by atoms with Crippen molar-refractivity contribution in [3.63, 3.8) is 0 Å². The lowest BCUT2D eigenvalue weighted by molar-refractivity contribution is -0.385. The van der Waals surface area contributed by atoms with E-state index < -0.39 is 10.7 Å². The van der Waals surface area contributed by atoms with Crippen molar-refractivity contribution in [3.8, 4) is 5.75 Å². The Balaban J connectivity index is 2.38. The second kappa shape index (κ2) is 6.49. The first-order chi connectivity index (χ1) is 10.0. The van der Waals surface area contributed by atoms with Crippen molar-refractivity contribution >= 4 is 33.5 Å². The smallest absolute Gasteiger partial charge is 0.312 e. The Morgan fingerprint density at radius 3 is 2.81 bits per heavy atom. The Labute approximate surface area is 130 Å². The van der Waals surface area contributed by atoms with Crippen LogP contribution in [-0.4, -0.2) is 16.2 Å². The Kier molecular flexibility index (Phi) is 4.70. The fraction of sp³-hybridized carbons (Fsp3) is 0.133. The van der Waals surface area contributed by atoms with Crippen LogP contribution in [0.5, 0.6) is 5.75 Å². The molecule has 0 atom stereocenters. The predicted molar refractivity (Wildman–Crippen MR) is 85.5 cm³/mol. The molecule has 108 valence electrons. The second-order valence-corrected chi connectivity index (χ2v) is 5.32. The third-order valence-corrected chi connectivity index (χ3v) is 3.41. The lowest BCUT2D eigenvalue weighted by Crippen LogP contribution is -1.92. The first kappa shape index (κ1) is 15.2. The van der Waals surface area contributed by atoms with Crippen LogP contribution in [0.15, 0.2) is 45.9 Å². The summed E-state index contributed by atoms with van der Waals surface area (Å²) in [5, 5.41) is 20.8. The molecule has 2 aromatic carbocycles. The van der Waals surface area contributed by atoms with Crippen LogP contribution in [-0.2, 0) is 6.42 Å². The van der Waals surface area contributed by atoms with Crippen LogP contribution < -0.4 is 0 Å². The SMILES string of the molecule is CCc1cccc(/N=C/c2cc(Br)cc([N+](=O)[O-])c2O)c1. The molecular weight excluding hydrogens is 336 g/mol. The standard InChI is InChI=1S/C15H13BrN2O3/c1-2-10-4-3-5-13(6-10)17-9-11-7-12(16)8-14(15(11)19)18(20)21/h3-9,19H,2H2,1H3/b17-9+. The van der Waals surface area contributed by atoms with E-state index in [-0.39, 0.29) is 11.3 Å². The summed E-state index contributed by atoms with van der Waals surface area (Å²) < 4.78 is 0.510. The largest absolute Gasteiger partial charge is 0.502 e. The van der Waals surface area contributed by atoms with E-state index in [1.807, 2.05) is 31.2 Å².